The van der Waals surface area contributed by atoms with E-state index < -0.39 is 0 Å². The molecule has 19 heavy (non-hydrogen) atoms. The van der Waals surface area contributed by atoms with E-state index in [0.717, 1.165) is 43.5 Å². The van der Waals surface area contributed by atoms with E-state index >= 15 is 0 Å². The molecule has 0 bridgehead atoms. The predicted octanol–water partition coefficient (Wildman–Crippen LogP) is 2.65. The molecule has 0 radical (unpaired) electrons. The molecule has 1 aromatic heterocycles. The van der Waals surface area contributed by atoms with E-state index in [2.05, 4.69) is 41.4 Å². The minimum absolute atomic E-state index is 0.0562. The van der Waals surface area contributed by atoms with Gasteiger partial charge in [-0.2, -0.15) is 0 Å². The largest absolute Gasteiger partial charge is 0.385 e. The average Bonchev–Trinajstić information content (AvgIpc) is 2.37. The quantitative estimate of drug-likeness (QED) is 0.743. The maximum Gasteiger partial charge on any atom is 0.138 e. The van der Waals surface area contributed by atoms with Crippen molar-refractivity contribution in [1.82, 2.24) is 9.97 Å². The van der Waals surface area contributed by atoms with Crippen LogP contribution in [-0.4, -0.2) is 37.3 Å². The van der Waals surface area contributed by atoms with E-state index in [0.29, 0.717) is 0 Å². The molecule has 2 N–H and O–H groups in total. The zero-order valence-corrected chi connectivity index (χ0v) is 12.7. The monoisotopic (exact) mass is 266 g/mol. The number of nitrogens with zero attached hydrogens (tertiary/aromatic N) is 2. The fourth-order valence-electron chi connectivity index (χ4n) is 1.59. The standard InChI is InChI=1S/C14H26N4O/c1-14(2,3)13-17-11(15-4)10-12(18-13)16-8-6-7-9-19-5/h10H,6-9H2,1-5H3,(H2,15,16,17,18). The van der Waals surface area contributed by atoms with E-state index in [-0.39, 0.29) is 5.41 Å². The van der Waals surface area contributed by atoms with Crippen LogP contribution in [0, 0.1) is 0 Å². The van der Waals surface area contributed by atoms with Gasteiger partial charge in [0.2, 0.25) is 0 Å². The lowest BCUT2D eigenvalue weighted by atomic mass is 9.96. The van der Waals surface area contributed by atoms with Crippen molar-refractivity contribution < 1.29 is 4.74 Å². The van der Waals surface area contributed by atoms with E-state index in [1.54, 1.807) is 7.11 Å². The van der Waals surface area contributed by atoms with Crippen LogP contribution in [0.25, 0.3) is 0 Å². The molecule has 0 spiro atoms. The van der Waals surface area contributed by atoms with Gasteiger partial charge in [-0.3, -0.25) is 0 Å². The number of unbranched alkanes of at least 4 members (excludes halogenated alkanes) is 1. The summed E-state index contributed by atoms with van der Waals surface area (Å²) in [4.78, 5) is 9.08. The Hall–Kier alpha value is -1.36. The van der Waals surface area contributed by atoms with Crippen molar-refractivity contribution >= 4 is 11.6 Å². The summed E-state index contributed by atoms with van der Waals surface area (Å²) in [6.07, 6.45) is 2.12. The molecule has 0 aliphatic heterocycles. The summed E-state index contributed by atoms with van der Waals surface area (Å²) in [5, 5.41) is 6.42. The first-order valence-corrected chi connectivity index (χ1v) is 6.77. The molecule has 0 atom stereocenters. The first kappa shape index (κ1) is 15.7. The Morgan fingerprint density at radius 2 is 1.84 bits per heavy atom. The van der Waals surface area contributed by atoms with Crippen molar-refractivity contribution in [3.8, 4) is 0 Å². The molecule has 1 rings (SSSR count). The molecule has 0 saturated carbocycles. The van der Waals surface area contributed by atoms with Crippen LogP contribution in [0.4, 0.5) is 11.6 Å². The van der Waals surface area contributed by atoms with Gasteiger partial charge in [0.15, 0.2) is 0 Å². The third kappa shape index (κ3) is 5.42. The maximum atomic E-state index is 5.03. The summed E-state index contributed by atoms with van der Waals surface area (Å²) in [6.45, 7) is 8.05. The van der Waals surface area contributed by atoms with Gasteiger partial charge in [0.25, 0.3) is 0 Å². The second kappa shape index (κ2) is 7.28. The number of anilines is 2. The van der Waals surface area contributed by atoms with Crippen LogP contribution in [0.5, 0.6) is 0 Å². The van der Waals surface area contributed by atoms with Crippen LogP contribution in [0.1, 0.15) is 39.4 Å². The van der Waals surface area contributed by atoms with Gasteiger partial charge in [0.1, 0.15) is 17.5 Å². The molecule has 5 nitrogen and oxygen atoms in total. The summed E-state index contributed by atoms with van der Waals surface area (Å²) in [6, 6.07) is 1.94. The van der Waals surface area contributed by atoms with Crippen LogP contribution in [0.15, 0.2) is 6.07 Å². The first-order valence-electron chi connectivity index (χ1n) is 6.77. The Morgan fingerprint density at radius 3 is 2.42 bits per heavy atom. The Kier molecular flexibility index (Phi) is 6.02. The second-order valence-corrected chi connectivity index (χ2v) is 5.59. The molecular formula is C14H26N4O. The minimum Gasteiger partial charge on any atom is -0.385 e. The first-order chi connectivity index (χ1) is 8.97. The number of hydrogen-bond acceptors (Lipinski definition) is 5. The fourth-order valence-corrected chi connectivity index (χ4v) is 1.59. The molecule has 0 aromatic carbocycles. The third-order valence-corrected chi connectivity index (χ3v) is 2.73. The highest BCUT2D eigenvalue weighted by Gasteiger charge is 2.18. The molecule has 1 aromatic rings. The topological polar surface area (TPSA) is 59.1 Å². The van der Waals surface area contributed by atoms with Crippen molar-refractivity contribution in [2.75, 3.05) is 37.9 Å². The van der Waals surface area contributed by atoms with Gasteiger partial charge in [-0.25, -0.2) is 9.97 Å². The zero-order chi connectivity index (χ0) is 14.3. The van der Waals surface area contributed by atoms with E-state index in [1.807, 2.05) is 13.1 Å². The number of methoxy groups -OCH3 is 1. The molecule has 0 aliphatic rings. The Labute approximate surface area is 116 Å². The Balaban J connectivity index is 2.67. The molecule has 1 heterocycles. The number of ether oxygens (including phenoxy) is 1. The molecule has 0 unspecified atom stereocenters. The van der Waals surface area contributed by atoms with Gasteiger partial charge in [-0.05, 0) is 12.8 Å². The lowest BCUT2D eigenvalue weighted by Crippen LogP contribution is -2.18. The smallest absolute Gasteiger partial charge is 0.138 e. The fraction of sp³-hybridized carbons (Fsp3) is 0.714. The lowest BCUT2D eigenvalue weighted by molar-refractivity contribution is 0.194. The molecule has 0 saturated heterocycles. The van der Waals surface area contributed by atoms with Crippen molar-refractivity contribution in [2.45, 2.75) is 39.0 Å². The second-order valence-electron chi connectivity index (χ2n) is 5.59. The average molecular weight is 266 g/mol. The van der Waals surface area contributed by atoms with Gasteiger partial charge in [-0.15, -0.1) is 0 Å². The molecule has 0 amide bonds. The van der Waals surface area contributed by atoms with Crippen LogP contribution < -0.4 is 10.6 Å². The Morgan fingerprint density at radius 1 is 1.16 bits per heavy atom. The number of aromatic nitrogens is 2. The van der Waals surface area contributed by atoms with E-state index in [1.165, 1.54) is 0 Å². The zero-order valence-electron chi connectivity index (χ0n) is 12.7. The van der Waals surface area contributed by atoms with Gasteiger partial charge in [0.05, 0.1) is 0 Å². The van der Waals surface area contributed by atoms with Crippen LogP contribution in [-0.2, 0) is 10.2 Å². The van der Waals surface area contributed by atoms with Crippen LogP contribution >= 0.6 is 0 Å². The SMILES string of the molecule is CNc1cc(NCCCCOC)nc(C(C)(C)C)n1. The van der Waals surface area contributed by atoms with Gasteiger partial charge >= 0.3 is 0 Å². The molecule has 108 valence electrons. The summed E-state index contributed by atoms with van der Waals surface area (Å²) >= 11 is 0. The normalized spacial score (nSPS) is 11.4. The summed E-state index contributed by atoms with van der Waals surface area (Å²) in [7, 11) is 3.60. The maximum absolute atomic E-state index is 5.03. The minimum atomic E-state index is -0.0562. The van der Waals surface area contributed by atoms with Crippen molar-refractivity contribution in [3.63, 3.8) is 0 Å². The van der Waals surface area contributed by atoms with Gasteiger partial charge in [-0.1, -0.05) is 20.8 Å². The van der Waals surface area contributed by atoms with Gasteiger partial charge in [0, 0.05) is 38.8 Å². The number of rotatable bonds is 7. The van der Waals surface area contributed by atoms with E-state index in [9.17, 15) is 0 Å². The van der Waals surface area contributed by atoms with Crippen molar-refractivity contribution in [1.29, 1.82) is 0 Å². The third-order valence-electron chi connectivity index (χ3n) is 2.73. The highest BCUT2D eigenvalue weighted by atomic mass is 16.5. The van der Waals surface area contributed by atoms with Gasteiger partial charge < -0.3 is 15.4 Å². The summed E-state index contributed by atoms with van der Waals surface area (Å²) in [5.74, 6) is 2.57. The molecule has 0 fully saturated rings. The summed E-state index contributed by atoms with van der Waals surface area (Å²) < 4.78 is 5.03. The molecular weight excluding hydrogens is 240 g/mol. The highest BCUT2D eigenvalue weighted by molar-refractivity contribution is 5.47. The molecule has 5 heteroatoms. The summed E-state index contributed by atoms with van der Waals surface area (Å²) in [5.41, 5.74) is -0.0562. The number of hydrogen-bond donors (Lipinski definition) is 2. The number of nitrogens with one attached hydrogen (secondary N) is 2. The van der Waals surface area contributed by atoms with Crippen LogP contribution in [0.3, 0.4) is 0 Å². The highest BCUT2D eigenvalue weighted by Crippen LogP contribution is 2.22. The Bertz CT molecular complexity index is 388. The van der Waals surface area contributed by atoms with Crippen LogP contribution in [0.2, 0.25) is 0 Å². The molecule has 0 aliphatic carbocycles. The van der Waals surface area contributed by atoms with E-state index in [4.69, 9.17) is 4.74 Å². The van der Waals surface area contributed by atoms with Crippen molar-refractivity contribution in [2.24, 2.45) is 0 Å². The predicted molar refractivity (Wildman–Crippen MR) is 79.9 cm³/mol. The van der Waals surface area contributed by atoms with Crippen molar-refractivity contribution in [3.05, 3.63) is 11.9 Å². The lowest BCUT2D eigenvalue weighted by Gasteiger charge is -2.18.